The van der Waals surface area contributed by atoms with Crippen molar-refractivity contribution in [2.24, 2.45) is 17.4 Å². The van der Waals surface area contributed by atoms with Gasteiger partial charge in [-0.2, -0.15) is 0 Å². The highest BCUT2D eigenvalue weighted by molar-refractivity contribution is 5.94. The Hall–Kier alpha value is -4.18. The second-order valence-corrected chi connectivity index (χ2v) is 8.55. The highest BCUT2D eigenvalue weighted by Crippen LogP contribution is 2.34. The monoisotopic (exact) mass is 432 g/mol. The smallest absolute Gasteiger partial charge is 0.108 e. The Morgan fingerprint density at radius 3 is 2.61 bits per heavy atom. The van der Waals surface area contributed by atoms with E-state index in [0.29, 0.717) is 17.6 Å². The van der Waals surface area contributed by atoms with Crippen LogP contribution < -0.4 is 16.4 Å². The van der Waals surface area contributed by atoms with Crippen molar-refractivity contribution >= 4 is 34.1 Å². The normalized spacial score (nSPS) is 20.2. The van der Waals surface area contributed by atoms with Gasteiger partial charge >= 0.3 is 0 Å². The molecule has 1 aromatic heterocycles. The number of anilines is 1. The highest BCUT2D eigenvalue weighted by atomic mass is 15.2. The summed E-state index contributed by atoms with van der Waals surface area (Å²) in [5.41, 5.74) is 19.8. The Bertz CT molecular complexity index is 1390. The molecule has 0 saturated heterocycles. The summed E-state index contributed by atoms with van der Waals surface area (Å²) in [6.07, 6.45) is 17.1. The molecule has 0 fully saturated rings. The van der Waals surface area contributed by atoms with Gasteiger partial charge in [-0.1, -0.05) is 74.2 Å². The summed E-state index contributed by atoms with van der Waals surface area (Å²) >= 11 is 0. The first-order chi connectivity index (χ1) is 16.0. The summed E-state index contributed by atoms with van der Waals surface area (Å²) in [5.74, 6) is 1.69. The minimum absolute atomic E-state index is 0.470. The van der Waals surface area contributed by atoms with Gasteiger partial charge in [-0.05, 0) is 48.3 Å². The summed E-state index contributed by atoms with van der Waals surface area (Å²) in [5, 5.41) is 1.22. The van der Waals surface area contributed by atoms with Gasteiger partial charge in [0.25, 0.3) is 0 Å². The van der Waals surface area contributed by atoms with Gasteiger partial charge in [-0.15, -0.1) is 0 Å². The number of hydrogen-bond acceptors (Lipinski definition) is 3. The number of allylic oxidation sites excluding steroid dienone is 7. The van der Waals surface area contributed by atoms with Crippen molar-refractivity contribution in [2.45, 2.75) is 13.3 Å². The molecule has 0 amide bonds. The van der Waals surface area contributed by atoms with Crippen molar-refractivity contribution in [3.63, 3.8) is 0 Å². The van der Waals surface area contributed by atoms with E-state index in [1.54, 1.807) is 0 Å². The van der Waals surface area contributed by atoms with E-state index in [-0.39, 0.29) is 0 Å². The van der Waals surface area contributed by atoms with Crippen LogP contribution in [0.15, 0.2) is 104 Å². The average molecular weight is 433 g/mol. The molecule has 164 valence electrons. The molecule has 0 saturated carbocycles. The zero-order chi connectivity index (χ0) is 22.9. The SMILES string of the molecule is C=C1/C=C\C=C/N(/C(N)=C/C=C(\N)n2c3c(c4ccccc42)C=CC(C)C3)c2ccccc21. The van der Waals surface area contributed by atoms with E-state index in [0.717, 1.165) is 28.8 Å². The molecule has 33 heavy (non-hydrogen) atoms. The van der Waals surface area contributed by atoms with Crippen LogP contribution in [0.5, 0.6) is 0 Å². The van der Waals surface area contributed by atoms with E-state index in [9.17, 15) is 0 Å². The molecule has 5 rings (SSSR count). The lowest BCUT2D eigenvalue weighted by atomic mass is 9.95. The fraction of sp³-hybridized carbons (Fsp3) is 0.103. The Labute approximate surface area is 194 Å². The average Bonchev–Trinajstić information content (AvgIpc) is 3.14. The molecular weight excluding hydrogens is 404 g/mol. The standard InChI is InChI=1S/C29H28N4/c1-20-14-15-24-23-11-4-6-13-26(23)33(27(24)19-20)29(31)17-16-28(30)32-18-8-7-9-21(2)22-10-3-5-12-25(22)32/h3-18,20H,2,19,30-31H2,1H3/b9-7-,18-8-,28-16+,29-17+. The largest absolute Gasteiger partial charge is 0.385 e. The van der Waals surface area contributed by atoms with Crippen LogP contribution in [0.3, 0.4) is 0 Å². The molecule has 2 aromatic carbocycles. The topological polar surface area (TPSA) is 60.2 Å². The molecule has 1 aliphatic carbocycles. The number of fused-ring (bicyclic) bond motifs is 4. The molecule has 0 bridgehead atoms. The van der Waals surface area contributed by atoms with Crippen LogP contribution in [0.1, 0.15) is 23.7 Å². The van der Waals surface area contributed by atoms with Crippen molar-refractivity contribution in [2.75, 3.05) is 4.90 Å². The maximum atomic E-state index is 6.66. The van der Waals surface area contributed by atoms with Gasteiger partial charge in [0.2, 0.25) is 0 Å². The molecule has 1 atom stereocenters. The molecule has 2 heterocycles. The Kier molecular flexibility index (Phi) is 5.27. The lowest BCUT2D eigenvalue weighted by Crippen LogP contribution is -2.23. The molecule has 2 aliphatic rings. The van der Waals surface area contributed by atoms with E-state index in [1.165, 1.54) is 16.6 Å². The second-order valence-electron chi connectivity index (χ2n) is 8.55. The van der Waals surface area contributed by atoms with E-state index in [1.807, 2.05) is 59.7 Å². The number of aromatic nitrogens is 1. The Morgan fingerprint density at radius 2 is 1.73 bits per heavy atom. The highest BCUT2D eigenvalue weighted by Gasteiger charge is 2.21. The molecule has 4 nitrogen and oxygen atoms in total. The van der Waals surface area contributed by atoms with Gasteiger partial charge in [-0.3, -0.25) is 4.57 Å². The zero-order valence-electron chi connectivity index (χ0n) is 18.8. The summed E-state index contributed by atoms with van der Waals surface area (Å²) in [7, 11) is 0. The van der Waals surface area contributed by atoms with Crippen LogP contribution >= 0.6 is 0 Å². The Balaban J connectivity index is 1.58. The number of benzene rings is 2. The summed E-state index contributed by atoms with van der Waals surface area (Å²) in [6.45, 7) is 6.42. The van der Waals surface area contributed by atoms with Gasteiger partial charge < -0.3 is 16.4 Å². The van der Waals surface area contributed by atoms with Crippen LogP contribution in [0.4, 0.5) is 5.69 Å². The third-order valence-corrected chi connectivity index (χ3v) is 6.24. The number of para-hydroxylation sites is 2. The minimum atomic E-state index is 0.470. The van der Waals surface area contributed by atoms with Crippen molar-refractivity contribution in [1.29, 1.82) is 0 Å². The molecule has 4 heteroatoms. The third kappa shape index (κ3) is 3.70. The first-order valence-electron chi connectivity index (χ1n) is 11.2. The molecular formula is C29H28N4. The Morgan fingerprint density at radius 1 is 0.970 bits per heavy atom. The lowest BCUT2D eigenvalue weighted by molar-refractivity contribution is 0.691. The van der Waals surface area contributed by atoms with Crippen LogP contribution in [0.2, 0.25) is 0 Å². The maximum Gasteiger partial charge on any atom is 0.108 e. The second kappa shape index (κ2) is 8.40. The first kappa shape index (κ1) is 20.7. The number of nitrogens with two attached hydrogens (primary N) is 2. The predicted octanol–water partition coefficient (Wildman–Crippen LogP) is 6.01. The van der Waals surface area contributed by atoms with Crippen LogP contribution in [0.25, 0.3) is 28.4 Å². The summed E-state index contributed by atoms with van der Waals surface area (Å²) in [4.78, 5) is 1.96. The van der Waals surface area contributed by atoms with Crippen molar-refractivity contribution in [1.82, 2.24) is 4.57 Å². The summed E-state index contributed by atoms with van der Waals surface area (Å²) in [6, 6.07) is 16.5. The minimum Gasteiger partial charge on any atom is -0.385 e. The number of hydrogen-bond donors (Lipinski definition) is 2. The van der Waals surface area contributed by atoms with Gasteiger partial charge in [0.05, 0.1) is 11.2 Å². The van der Waals surface area contributed by atoms with Gasteiger partial charge in [0.1, 0.15) is 11.6 Å². The van der Waals surface area contributed by atoms with E-state index < -0.39 is 0 Å². The van der Waals surface area contributed by atoms with Gasteiger partial charge in [0, 0.05) is 28.4 Å². The molecule has 0 radical (unpaired) electrons. The molecule has 1 aliphatic heterocycles. The molecule has 1 unspecified atom stereocenters. The van der Waals surface area contributed by atoms with E-state index in [4.69, 9.17) is 11.5 Å². The maximum absolute atomic E-state index is 6.66. The molecule has 4 N–H and O–H groups in total. The number of rotatable bonds is 3. The summed E-state index contributed by atoms with van der Waals surface area (Å²) < 4.78 is 2.16. The third-order valence-electron chi connectivity index (χ3n) is 6.24. The molecule has 3 aromatic rings. The predicted molar refractivity (Wildman–Crippen MR) is 141 cm³/mol. The zero-order valence-corrected chi connectivity index (χ0v) is 18.8. The van der Waals surface area contributed by atoms with Crippen molar-refractivity contribution in [3.8, 4) is 0 Å². The fourth-order valence-electron chi connectivity index (χ4n) is 4.62. The van der Waals surface area contributed by atoms with Gasteiger partial charge in [0.15, 0.2) is 0 Å². The quantitative estimate of drug-likeness (QED) is 0.499. The first-order valence-corrected chi connectivity index (χ1v) is 11.2. The van der Waals surface area contributed by atoms with Crippen LogP contribution in [0, 0.1) is 5.92 Å². The number of nitrogens with zero attached hydrogens (tertiary/aromatic N) is 2. The van der Waals surface area contributed by atoms with Crippen LogP contribution in [-0.4, -0.2) is 4.57 Å². The van der Waals surface area contributed by atoms with Crippen LogP contribution in [-0.2, 0) is 6.42 Å². The van der Waals surface area contributed by atoms with Crippen molar-refractivity contribution in [3.05, 3.63) is 120 Å². The fourth-order valence-corrected chi connectivity index (χ4v) is 4.62. The lowest BCUT2D eigenvalue weighted by Gasteiger charge is -2.24. The molecule has 0 spiro atoms. The van der Waals surface area contributed by atoms with E-state index >= 15 is 0 Å². The van der Waals surface area contributed by atoms with Gasteiger partial charge in [-0.25, -0.2) is 0 Å². The van der Waals surface area contributed by atoms with E-state index in [2.05, 4.69) is 60.6 Å². The van der Waals surface area contributed by atoms with Crippen molar-refractivity contribution < 1.29 is 0 Å².